The van der Waals surface area contributed by atoms with Crippen molar-refractivity contribution < 1.29 is 49.3 Å². The monoisotopic (exact) mass is 1900 g/mol. The van der Waals surface area contributed by atoms with Gasteiger partial charge in [0.15, 0.2) is 25.5 Å². The van der Waals surface area contributed by atoms with E-state index in [9.17, 15) is 0 Å². The molecule has 2 aliphatic rings. The summed E-state index contributed by atoms with van der Waals surface area (Å²) in [6, 6.07) is 143. The first-order valence-electron chi connectivity index (χ1n) is 40.0. The Balaban J connectivity index is 0.000000114. The average Bonchev–Trinajstić information content (AvgIpc) is 1.59. The Bertz CT molecular complexity index is 6740. The van der Waals surface area contributed by atoms with E-state index in [-0.39, 0.29) is 40.2 Å². The molecule has 8 heterocycles. The quantitative estimate of drug-likeness (QED) is 0.112. The van der Waals surface area contributed by atoms with Crippen molar-refractivity contribution in [3.63, 3.8) is 0 Å². The van der Waals surface area contributed by atoms with Crippen LogP contribution in [0.5, 0.6) is 0 Å². The molecule has 120 heavy (non-hydrogen) atoms. The van der Waals surface area contributed by atoms with Crippen LogP contribution < -0.4 is 9.13 Å². The predicted molar refractivity (Wildman–Crippen MR) is 487 cm³/mol. The summed E-state index contributed by atoms with van der Waals surface area (Å²) in [4.78, 5) is 17.7. The van der Waals surface area contributed by atoms with Crippen molar-refractivity contribution in [1.82, 2.24) is 19.9 Å². The molecular weight excluding hydrogens is 1810 g/mol. The molecule has 20 aromatic rings. The number of aryl methyl sites for hydroxylation is 4. The summed E-state index contributed by atoms with van der Waals surface area (Å²) in [5.41, 5.74) is 31.4. The summed E-state index contributed by atoms with van der Waals surface area (Å²) in [5, 5.41) is 10.2. The molecule has 0 unspecified atom stereocenters. The van der Waals surface area contributed by atoms with Gasteiger partial charge in [-0.3, -0.25) is 0 Å². The van der Waals surface area contributed by atoms with Crippen LogP contribution in [-0.2, 0) is 53.3 Å². The van der Waals surface area contributed by atoms with Crippen molar-refractivity contribution in [3.05, 3.63) is 471 Å². The zero-order chi connectivity index (χ0) is 79.9. The fourth-order valence-electron chi connectivity index (χ4n) is 15.8. The van der Waals surface area contributed by atoms with Gasteiger partial charge < -0.3 is 19.9 Å². The molecule has 0 saturated carbocycles. The molecule has 0 bridgehead atoms. The summed E-state index contributed by atoms with van der Waals surface area (Å²) >= 11 is 0. The summed E-state index contributed by atoms with van der Waals surface area (Å²) in [5.74, 6) is 0. The van der Waals surface area contributed by atoms with E-state index in [1.54, 1.807) is 12.4 Å². The topological polar surface area (TPSA) is 59.3 Å². The maximum Gasteiger partial charge on any atom is 0.213 e. The molecule has 0 amide bonds. The van der Waals surface area contributed by atoms with Gasteiger partial charge in [0.1, 0.15) is 0 Å². The molecule has 2 radical (unpaired) electrons. The van der Waals surface area contributed by atoms with Crippen LogP contribution >= 0.6 is 0 Å². The maximum absolute atomic E-state index is 4.66. The molecule has 6 nitrogen and oxygen atoms in total. The van der Waals surface area contributed by atoms with Gasteiger partial charge in [0, 0.05) is 111 Å². The summed E-state index contributed by atoms with van der Waals surface area (Å²) < 4.78 is 4.76. The molecule has 582 valence electrons. The first kappa shape index (κ1) is 81.5. The Morgan fingerprint density at radius 2 is 0.583 bits per heavy atom. The number of hydrogen-bond acceptors (Lipinski definition) is 4. The smallest absolute Gasteiger partial charge is 0.213 e. The third-order valence-electron chi connectivity index (χ3n) is 21.8. The molecule has 0 spiro atoms. The van der Waals surface area contributed by atoms with Crippen molar-refractivity contribution in [3.8, 4) is 112 Å². The molecule has 8 heteroatoms. The van der Waals surface area contributed by atoms with Crippen LogP contribution in [0.15, 0.2) is 413 Å². The van der Waals surface area contributed by atoms with Crippen LogP contribution in [0.4, 0.5) is 0 Å². The van der Waals surface area contributed by atoms with Gasteiger partial charge in [-0.15, -0.1) is 144 Å². The molecular formula is C112H84Ir2N6-2. The van der Waals surface area contributed by atoms with E-state index in [2.05, 4.69) is 336 Å². The van der Waals surface area contributed by atoms with E-state index in [1.807, 2.05) is 146 Å². The molecule has 0 aliphatic carbocycles. The Morgan fingerprint density at radius 3 is 1.02 bits per heavy atom. The Morgan fingerprint density at radius 1 is 0.242 bits per heavy atom. The van der Waals surface area contributed by atoms with Crippen LogP contribution in [0.25, 0.3) is 155 Å². The van der Waals surface area contributed by atoms with Crippen LogP contribution in [0.2, 0.25) is 0 Å². The first-order chi connectivity index (χ1) is 58.2. The van der Waals surface area contributed by atoms with Crippen molar-refractivity contribution in [2.24, 2.45) is 0 Å². The molecule has 22 rings (SSSR count). The number of hydrogen-bond donors (Lipinski definition) is 0. The van der Waals surface area contributed by atoms with Gasteiger partial charge in [-0.25, -0.2) is 0 Å². The predicted octanol–water partition coefficient (Wildman–Crippen LogP) is 26.7. The van der Waals surface area contributed by atoms with Crippen molar-refractivity contribution in [1.29, 1.82) is 0 Å². The summed E-state index contributed by atoms with van der Waals surface area (Å²) in [7, 11) is 0. The van der Waals surface area contributed by atoms with Crippen LogP contribution in [0.3, 0.4) is 0 Å². The van der Waals surface area contributed by atoms with Crippen LogP contribution in [-0.4, -0.2) is 19.9 Å². The fourth-order valence-corrected chi connectivity index (χ4v) is 15.8. The maximum atomic E-state index is 4.66. The van der Waals surface area contributed by atoms with Crippen molar-refractivity contribution in [2.45, 2.75) is 40.8 Å². The second-order valence-electron chi connectivity index (χ2n) is 29.6. The van der Waals surface area contributed by atoms with Gasteiger partial charge >= 0.3 is 0 Å². The van der Waals surface area contributed by atoms with Crippen LogP contribution in [0.1, 0.15) is 33.4 Å². The largest absolute Gasteiger partial charge is 0.305 e. The van der Waals surface area contributed by atoms with Gasteiger partial charge in [-0.1, -0.05) is 231 Å². The minimum atomic E-state index is 0. The molecule has 0 fully saturated rings. The van der Waals surface area contributed by atoms with Gasteiger partial charge in [0.05, 0.1) is 11.1 Å². The Kier molecular flexibility index (Phi) is 26.2. The summed E-state index contributed by atoms with van der Waals surface area (Å²) in [6.07, 6.45) is 12.2. The number of aromatic nitrogens is 6. The normalized spacial score (nSPS) is 11.0. The van der Waals surface area contributed by atoms with E-state index in [4.69, 9.17) is 0 Å². The number of rotatable bonds is 8. The minimum Gasteiger partial charge on any atom is -0.305 e. The van der Waals surface area contributed by atoms with E-state index >= 15 is 0 Å². The van der Waals surface area contributed by atoms with E-state index < -0.39 is 0 Å². The van der Waals surface area contributed by atoms with Gasteiger partial charge in [0.2, 0.25) is 11.4 Å². The third kappa shape index (κ3) is 18.7. The minimum absolute atomic E-state index is 0. The average molecular weight is 1900 g/mol. The molecule has 6 aromatic heterocycles. The van der Waals surface area contributed by atoms with Gasteiger partial charge in [0.25, 0.3) is 0 Å². The molecule has 0 N–H and O–H groups in total. The summed E-state index contributed by atoms with van der Waals surface area (Å²) in [6.45, 7) is 10.6. The van der Waals surface area contributed by atoms with Gasteiger partial charge in [-0.2, -0.15) is 9.13 Å². The SMILES string of the molecule is Cc1cc(-c2[c-]cccc2)ncc1-c1ccc2ccccc2c1.Cc1cc(-c2[c-]cccc2)ncc1-c1cccc2ccccc12.Cc1cc2[n+](cc1-c1ccc3ccccc3c1)Cc1ccccc1-2.Cc1cc2[n+](cc1-c1cccc3ccccc13)Cc1ccccc1-2.[Ir].[Ir].[c-]1ccccc1-c1ccccn1.[c-]1ccccc1-c1ccccn1. The number of benzene rings is 14. The Labute approximate surface area is 730 Å². The zero-order valence-electron chi connectivity index (χ0n) is 67.0. The number of nitrogens with zero attached hydrogens (tertiary/aromatic N) is 6. The third-order valence-corrected chi connectivity index (χ3v) is 21.8. The zero-order valence-corrected chi connectivity index (χ0v) is 71.8. The standard InChI is InChI=1S/2C23H18N.2C22H16N.2C11H8N.2Ir/c1-16-13-23-20-11-5-3-8-18(20)14-24(23)15-22(16)21-12-6-9-17-7-2-4-10-19(17)21;1-16-12-23-21-9-5-4-8-20(21)14-24(23)15-22(16)19-11-10-17-6-2-3-7-18(17)13-19;1-16-14-22(18-9-3-2-4-10-18)23-15-21(16)20-13-7-11-17-8-5-6-12-19(17)20;1-16-13-22(18-8-3-2-4-9-18)23-15-21(16)20-12-11-17-7-5-6-10-19(17)14-20;2*1-2-6-10(7-3-1)11-8-4-5-9-12-11;;/h2*2-13,15H,14H2,1H3;2-9,11-15H,1H3;2-8,10-15H,1H3;2*1-6,8-9H;;/q2*+1;4*-1;;. The molecule has 2 aliphatic heterocycles. The second-order valence-corrected chi connectivity index (χ2v) is 29.6. The van der Waals surface area contributed by atoms with E-state index in [1.165, 1.54) is 143 Å². The molecule has 0 atom stereocenters. The molecule has 14 aromatic carbocycles. The Hall–Kier alpha value is -13.7. The van der Waals surface area contributed by atoms with E-state index in [0.717, 1.165) is 58.1 Å². The van der Waals surface area contributed by atoms with E-state index in [0.29, 0.717) is 0 Å². The van der Waals surface area contributed by atoms with Crippen molar-refractivity contribution in [2.75, 3.05) is 0 Å². The molecule has 0 saturated heterocycles. The first-order valence-corrected chi connectivity index (χ1v) is 40.0. The van der Waals surface area contributed by atoms with Crippen LogP contribution in [0, 0.1) is 52.0 Å². The second kappa shape index (κ2) is 38.6. The van der Waals surface area contributed by atoms with Gasteiger partial charge in [-0.05, 0) is 174 Å². The number of pyridine rings is 6. The number of fused-ring (bicyclic) bond motifs is 10. The van der Waals surface area contributed by atoms with Crippen molar-refractivity contribution >= 4 is 43.1 Å². The fraction of sp³-hybridized carbons (Fsp3) is 0.0536.